The van der Waals surface area contributed by atoms with Gasteiger partial charge in [-0.1, -0.05) is 23.4 Å². The van der Waals surface area contributed by atoms with Crippen molar-refractivity contribution in [1.82, 2.24) is 9.97 Å². The summed E-state index contributed by atoms with van der Waals surface area (Å²) in [5, 5.41) is 2.46. The highest BCUT2D eigenvalue weighted by Crippen LogP contribution is 2.28. The molecule has 1 aromatic heterocycles. The average Bonchev–Trinajstić information content (AvgIpc) is 2.50. The van der Waals surface area contributed by atoms with Gasteiger partial charge < -0.3 is 5.32 Å². The van der Waals surface area contributed by atoms with E-state index < -0.39 is 23.6 Å². The number of nitrogens with one attached hydrogen (secondary N) is 1. The Morgan fingerprint density at radius 3 is 2.71 bits per heavy atom. The van der Waals surface area contributed by atoms with E-state index in [4.69, 9.17) is 11.6 Å². The standard InChI is InChI=1S/C14H10ClF4N3OS/c15-8-1-2-10(9(16)7-8)21-12(23)4-6-24-13-20-5-3-11(22-13)14(17,18)19/h1-3,5,7H,4,6H2,(H,21,23). The van der Waals surface area contributed by atoms with Crippen molar-refractivity contribution in [2.24, 2.45) is 0 Å². The largest absolute Gasteiger partial charge is 0.433 e. The van der Waals surface area contributed by atoms with E-state index in [1.54, 1.807) is 0 Å². The second kappa shape index (κ2) is 7.80. The van der Waals surface area contributed by atoms with E-state index in [0.29, 0.717) is 0 Å². The Balaban J connectivity index is 1.87. The molecule has 24 heavy (non-hydrogen) atoms. The minimum atomic E-state index is -4.55. The van der Waals surface area contributed by atoms with Gasteiger partial charge in [0.2, 0.25) is 5.91 Å². The zero-order valence-corrected chi connectivity index (χ0v) is 13.5. The molecule has 0 bridgehead atoms. The third-order valence-electron chi connectivity index (χ3n) is 2.69. The number of anilines is 1. The third-order valence-corrected chi connectivity index (χ3v) is 3.79. The van der Waals surface area contributed by atoms with Gasteiger partial charge in [0.25, 0.3) is 0 Å². The number of carbonyl (C=O) groups excluding carboxylic acids is 1. The summed E-state index contributed by atoms with van der Waals surface area (Å²) < 4.78 is 51.1. The van der Waals surface area contributed by atoms with Gasteiger partial charge in [-0.3, -0.25) is 4.79 Å². The highest BCUT2D eigenvalue weighted by atomic mass is 35.5. The van der Waals surface area contributed by atoms with E-state index in [-0.39, 0.29) is 28.0 Å². The van der Waals surface area contributed by atoms with E-state index in [0.717, 1.165) is 30.1 Å². The summed E-state index contributed by atoms with van der Waals surface area (Å²) in [7, 11) is 0. The van der Waals surface area contributed by atoms with Crippen LogP contribution in [0, 0.1) is 5.82 Å². The summed E-state index contributed by atoms with van der Waals surface area (Å²) in [6.07, 6.45) is -3.60. The zero-order chi connectivity index (χ0) is 17.7. The number of rotatable bonds is 5. The van der Waals surface area contributed by atoms with Crippen molar-refractivity contribution in [2.75, 3.05) is 11.1 Å². The van der Waals surface area contributed by atoms with Gasteiger partial charge in [0.15, 0.2) is 5.16 Å². The van der Waals surface area contributed by atoms with Crippen LogP contribution >= 0.6 is 23.4 Å². The van der Waals surface area contributed by atoms with Gasteiger partial charge in [0.05, 0.1) is 5.69 Å². The highest BCUT2D eigenvalue weighted by molar-refractivity contribution is 7.99. The molecular weight excluding hydrogens is 370 g/mol. The van der Waals surface area contributed by atoms with Gasteiger partial charge in [-0.15, -0.1) is 0 Å². The zero-order valence-electron chi connectivity index (χ0n) is 11.9. The van der Waals surface area contributed by atoms with Crippen LogP contribution in [0.2, 0.25) is 5.02 Å². The minimum Gasteiger partial charge on any atom is -0.324 e. The fourth-order valence-electron chi connectivity index (χ4n) is 1.61. The molecule has 4 nitrogen and oxygen atoms in total. The molecule has 0 saturated heterocycles. The SMILES string of the molecule is O=C(CCSc1nccc(C(F)(F)F)n1)Nc1ccc(Cl)cc1F. The first-order valence-corrected chi connectivity index (χ1v) is 7.90. The first kappa shape index (κ1) is 18.5. The lowest BCUT2D eigenvalue weighted by molar-refractivity contribution is -0.141. The van der Waals surface area contributed by atoms with Crippen LogP contribution < -0.4 is 5.32 Å². The van der Waals surface area contributed by atoms with Crippen LogP contribution in [-0.4, -0.2) is 21.6 Å². The van der Waals surface area contributed by atoms with Gasteiger partial charge in [-0.2, -0.15) is 13.2 Å². The van der Waals surface area contributed by atoms with E-state index >= 15 is 0 Å². The Kier molecular flexibility index (Phi) is 6.00. The molecule has 0 aliphatic carbocycles. The molecule has 0 aliphatic heterocycles. The van der Waals surface area contributed by atoms with E-state index in [1.807, 2.05) is 0 Å². The average molecular weight is 380 g/mol. The molecule has 128 valence electrons. The van der Waals surface area contributed by atoms with E-state index in [1.165, 1.54) is 12.1 Å². The number of hydrogen-bond donors (Lipinski definition) is 1. The summed E-state index contributed by atoms with van der Waals surface area (Å²) in [4.78, 5) is 18.8. The van der Waals surface area contributed by atoms with Gasteiger partial charge in [0, 0.05) is 23.4 Å². The Morgan fingerprint density at radius 1 is 1.29 bits per heavy atom. The summed E-state index contributed by atoms with van der Waals surface area (Å²) in [6, 6.07) is 4.56. The molecule has 1 N–H and O–H groups in total. The minimum absolute atomic E-state index is 0.0234. The topological polar surface area (TPSA) is 54.9 Å². The lowest BCUT2D eigenvalue weighted by Gasteiger charge is -2.07. The summed E-state index contributed by atoms with van der Waals surface area (Å²) in [5.74, 6) is -1.03. The second-order valence-electron chi connectivity index (χ2n) is 4.49. The summed E-state index contributed by atoms with van der Waals surface area (Å²) in [5.41, 5.74) is -1.07. The summed E-state index contributed by atoms with van der Waals surface area (Å²) >= 11 is 6.50. The number of halogens is 5. The van der Waals surface area contributed by atoms with Crippen LogP contribution in [0.25, 0.3) is 0 Å². The summed E-state index contributed by atoms with van der Waals surface area (Å²) in [6.45, 7) is 0. The lowest BCUT2D eigenvalue weighted by atomic mass is 10.3. The molecule has 1 heterocycles. The first-order valence-electron chi connectivity index (χ1n) is 6.53. The molecule has 1 amide bonds. The number of thioether (sulfide) groups is 1. The van der Waals surface area contributed by atoms with Gasteiger partial charge >= 0.3 is 6.18 Å². The quantitative estimate of drug-likeness (QED) is 0.475. The van der Waals surface area contributed by atoms with Crippen molar-refractivity contribution in [3.05, 3.63) is 47.0 Å². The van der Waals surface area contributed by atoms with E-state index in [9.17, 15) is 22.4 Å². The van der Waals surface area contributed by atoms with E-state index in [2.05, 4.69) is 15.3 Å². The smallest absolute Gasteiger partial charge is 0.324 e. The molecular formula is C14H10ClF4N3OS. The lowest BCUT2D eigenvalue weighted by Crippen LogP contribution is -2.13. The molecule has 0 aliphatic rings. The van der Waals surface area contributed by atoms with Gasteiger partial charge in [-0.05, 0) is 24.3 Å². The van der Waals surface area contributed by atoms with Crippen LogP contribution in [0.1, 0.15) is 12.1 Å². The normalized spacial score (nSPS) is 11.4. The maximum Gasteiger partial charge on any atom is 0.433 e. The Hall–Kier alpha value is -1.87. The molecule has 0 fully saturated rings. The fraction of sp³-hybridized carbons (Fsp3) is 0.214. The molecule has 0 atom stereocenters. The van der Waals surface area contributed by atoms with Crippen LogP contribution in [0.5, 0.6) is 0 Å². The molecule has 2 aromatic rings. The van der Waals surface area contributed by atoms with Crippen LogP contribution in [0.15, 0.2) is 35.6 Å². The van der Waals surface area contributed by atoms with Crippen molar-refractivity contribution in [2.45, 2.75) is 17.8 Å². The fourth-order valence-corrected chi connectivity index (χ4v) is 2.53. The van der Waals surface area contributed by atoms with Crippen molar-refractivity contribution >= 4 is 35.0 Å². The molecule has 1 aromatic carbocycles. The monoisotopic (exact) mass is 379 g/mol. The van der Waals surface area contributed by atoms with Crippen molar-refractivity contribution < 1.29 is 22.4 Å². The van der Waals surface area contributed by atoms with Crippen LogP contribution in [0.3, 0.4) is 0 Å². The first-order chi connectivity index (χ1) is 11.3. The predicted octanol–water partition coefficient (Wildman–Crippen LogP) is 4.41. The molecule has 0 spiro atoms. The predicted molar refractivity (Wildman–Crippen MR) is 82.4 cm³/mol. The van der Waals surface area contributed by atoms with Crippen LogP contribution in [-0.2, 0) is 11.0 Å². The highest BCUT2D eigenvalue weighted by Gasteiger charge is 2.32. The number of alkyl halides is 3. The Morgan fingerprint density at radius 2 is 2.04 bits per heavy atom. The van der Waals surface area contributed by atoms with Crippen molar-refractivity contribution in [3.63, 3.8) is 0 Å². The molecule has 0 radical (unpaired) electrons. The second-order valence-corrected chi connectivity index (χ2v) is 5.99. The number of hydrogen-bond acceptors (Lipinski definition) is 4. The maximum absolute atomic E-state index is 13.5. The molecule has 0 saturated carbocycles. The van der Waals surface area contributed by atoms with Gasteiger partial charge in [0.1, 0.15) is 11.5 Å². The third kappa shape index (κ3) is 5.34. The Bertz CT molecular complexity index is 742. The van der Waals surface area contributed by atoms with Crippen molar-refractivity contribution in [3.8, 4) is 0 Å². The van der Waals surface area contributed by atoms with Crippen molar-refractivity contribution in [1.29, 1.82) is 0 Å². The Labute approximate surface area is 143 Å². The number of aromatic nitrogens is 2. The van der Waals surface area contributed by atoms with Crippen LogP contribution in [0.4, 0.5) is 23.2 Å². The maximum atomic E-state index is 13.5. The number of amides is 1. The molecule has 10 heteroatoms. The molecule has 0 unspecified atom stereocenters. The number of carbonyl (C=O) groups is 1. The molecule has 2 rings (SSSR count). The number of nitrogens with zero attached hydrogens (tertiary/aromatic N) is 2. The number of benzene rings is 1. The van der Waals surface area contributed by atoms with Gasteiger partial charge in [-0.25, -0.2) is 14.4 Å².